The predicted octanol–water partition coefficient (Wildman–Crippen LogP) is 4.30. The summed E-state index contributed by atoms with van der Waals surface area (Å²) in [5, 5.41) is 14.8. The van der Waals surface area contributed by atoms with E-state index >= 15 is 0 Å². The van der Waals surface area contributed by atoms with Gasteiger partial charge >= 0.3 is 0 Å². The zero-order chi connectivity index (χ0) is 19.0. The lowest BCUT2D eigenvalue weighted by atomic mass is 10.2. The summed E-state index contributed by atoms with van der Waals surface area (Å²) in [6.45, 7) is 11.5. The van der Waals surface area contributed by atoms with Gasteiger partial charge in [-0.3, -0.25) is 0 Å². The molecule has 0 saturated heterocycles. The quantitative estimate of drug-likeness (QED) is 0.216. The van der Waals surface area contributed by atoms with Gasteiger partial charge in [-0.25, -0.2) is 4.99 Å². The number of guanidine groups is 1. The van der Waals surface area contributed by atoms with Crippen molar-refractivity contribution in [3.8, 4) is 0 Å². The van der Waals surface area contributed by atoms with Crippen molar-refractivity contribution in [3.05, 3.63) is 40.9 Å². The van der Waals surface area contributed by atoms with Crippen LogP contribution in [0.25, 0.3) is 0 Å². The average molecular weight is 567 g/mol. The molecule has 0 fully saturated rings. The second-order valence-corrected chi connectivity index (χ2v) is 9.09. The Kier molecular flexibility index (Phi) is 10.7. The number of benzene rings is 1. The monoisotopic (exact) mass is 566 g/mol. The first-order valence-corrected chi connectivity index (χ1v) is 10.4. The SMILES string of the molecule is CCNC(=NCc1nncn1CC)NCC(C)(C)Sc1ccc(Br)cc1.I. The van der Waals surface area contributed by atoms with Crippen molar-refractivity contribution in [2.24, 2.45) is 4.99 Å². The molecule has 2 rings (SSSR count). The van der Waals surface area contributed by atoms with E-state index in [9.17, 15) is 0 Å². The Balaban J connectivity index is 0.00000364. The normalized spacial score (nSPS) is 11.8. The van der Waals surface area contributed by atoms with Crippen molar-refractivity contribution in [3.63, 3.8) is 0 Å². The van der Waals surface area contributed by atoms with Crippen molar-refractivity contribution in [1.82, 2.24) is 25.4 Å². The first-order chi connectivity index (χ1) is 12.4. The molecular formula is C18H28BrIN6S. The van der Waals surface area contributed by atoms with Crippen LogP contribution in [0.3, 0.4) is 0 Å². The minimum atomic E-state index is 0. The second-order valence-electron chi connectivity index (χ2n) is 6.40. The first kappa shape index (κ1) is 24.2. The lowest BCUT2D eigenvalue weighted by Gasteiger charge is -2.25. The van der Waals surface area contributed by atoms with Gasteiger partial charge in [0.05, 0.1) is 0 Å². The maximum atomic E-state index is 4.64. The third-order valence-corrected chi connectivity index (χ3v) is 5.38. The molecule has 0 spiro atoms. The third kappa shape index (κ3) is 8.39. The second kappa shape index (κ2) is 11.9. The minimum absolute atomic E-state index is 0. The fourth-order valence-electron chi connectivity index (χ4n) is 2.31. The number of nitrogens with one attached hydrogen (secondary N) is 2. The summed E-state index contributed by atoms with van der Waals surface area (Å²) >= 11 is 5.32. The van der Waals surface area contributed by atoms with E-state index in [2.05, 4.69) is 93.7 Å². The fourth-order valence-corrected chi connectivity index (χ4v) is 3.63. The summed E-state index contributed by atoms with van der Waals surface area (Å²) in [6, 6.07) is 8.41. The number of nitrogens with zero attached hydrogens (tertiary/aromatic N) is 4. The van der Waals surface area contributed by atoms with Crippen molar-refractivity contribution in [2.45, 2.75) is 50.4 Å². The molecule has 0 unspecified atom stereocenters. The highest BCUT2D eigenvalue weighted by molar-refractivity contribution is 14.0. The van der Waals surface area contributed by atoms with Crippen molar-refractivity contribution < 1.29 is 0 Å². The molecule has 0 radical (unpaired) electrons. The van der Waals surface area contributed by atoms with E-state index in [-0.39, 0.29) is 28.7 Å². The van der Waals surface area contributed by atoms with Gasteiger partial charge in [0.25, 0.3) is 0 Å². The van der Waals surface area contributed by atoms with E-state index in [0.717, 1.165) is 35.9 Å². The number of rotatable bonds is 8. The zero-order valence-electron chi connectivity index (χ0n) is 16.2. The molecule has 27 heavy (non-hydrogen) atoms. The lowest BCUT2D eigenvalue weighted by Crippen LogP contribution is -2.43. The Labute approximate surface area is 191 Å². The van der Waals surface area contributed by atoms with Gasteiger partial charge in [-0.05, 0) is 52.0 Å². The molecule has 1 aromatic heterocycles. The summed E-state index contributed by atoms with van der Waals surface area (Å²) in [6.07, 6.45) is 1.74. The average Bonchev–Trinajstić information content (AvgIpc) is 3.07. The molecule has 0 aliphatic rings. The van der Waals surface area contributed by atoms with E-state index in [0.29, 0.717) is 6.54 Å². The number of aryl methyl sites for hydroxylation is 1. The zero-order valence-corrected chi connectivity index (χ0v) is 20.9. The van der Waals surface area contributed by atoms with E-state index in [1.165, 1.54) is 4.90 Å². The number of hydrogen-bond donors (Lipinski definition) is 2. The van der Waals surface area contributed by atoms with Crippen LogP contribution in [-0.2, 0) is 13.1 Å². The smallest absolute Gasteiger partial charge is 0.191 e. The molecule has 6 nitrogen and oxygen atoms in total. The lowest BCUT2D eigenvalue weighted by molar-refractivity contribution is 0.658. The summed E-state index contributed by atoms with van der Waals surface area (Å²) in [5.41, 5.74) is 0. The topological polar surface area (TPSA) is 67.1 Å². The maximum absolute atomic E-state index is 4.64. The van der Waals surface area contributed by atoms with Crippen LogP contribution in [0, 0.1) is 0 Å². The number of hydrogen-bond acceptors (Lipinski definition) is 4. The van der Waals surface area contributed by atoms with E-state index in [4.69, 9.17) is 0 Å². The standard InChI is InChI=1S/C18H27BrN6S.HI/c1-5-20-17(21-11-16-24-23-13-25(16)6-2)22-12-18(3,4)26-15-9-7-14(19)8-10-15;/h7-10,13H,5-6,11-12H2,1-4H3,(H2,20,21,22);1H. The van der Waals surface area contributed by atoms with Crippen LogP contribution in [0.15, 0.2) is 45.0 Å². The van der Waals surface area contributed by atoms with Crippen LogP contribution in [0.4, 0.5) is 0 Å². The number of aromatic nitrogens is 3. The van der Waals surface area contributed by atoms with Gasteiger partial charge in [0, 0.05) is 33.7 Å². The Morgan fingerprint density at radius 1 is 1.22 bits per heavy atom. The molecular weight excluding hydrogens is 539 g/mol. The Bertz CT molecular complexity index is 717. The summed E-state index contributed by atoms with van der Waals surface area (Å²) in [7, 11) is 0. The van der Waals surface area contributed by atoms with Crippen LogP contribution >= 0.6 is 51.7 Å². The maximum Gasteiger partial charge on any atom is 0.191 e. The molecule has 1 aromatic carbocycles. The molecule has 0 atom stereocenters. The Morgan fingerprint density at radius 2 is 1.93 bits per heavy atom. The number of aliphatic imine (C=N–C) groups is 1. The van der Waals surface area contributed by atoms with Crippen LogP contribution in [0.5, 0.6) is 0 Å². The van der Waals surface area contributed by atoms with Crippen LogP contribution in [-0.4, -0.2) is 38.6 Å². The van der Waals surface area contributed by atoms with Crippen molar-refractivity contribution in [1.29, 1.82) is 0 Å². The van der Waals surface area contributed by atoms with Gasteiger partial charge in [-0.2, -0.15) is 0 Å². The largest absolute Gasteiger partial charge is 0.357 e. The van der Waals surface area contributed by atoms with E-state index < -0.39 is 0 Å². The summed E-state index contributed by atoms with van der Waals surface area (Å²) < 4.78 is 3.12. The third-order valence-electron chi connectivity index (χ3n) is 3.65. The molecule has 2 N–H and O–H groups in total. The van der Waals surface area contributed by atoms with Crippen LogP contribution in [0.2, 0.25) is 0 Å². The fraction of sp³-hybridized carbons (Fsp3) is 0.500. The molecule has 9 heteroatoms. The minimum Gasteiger partial charge on any atom is -0.357 e. The van der Waals surface area contributed by atoms with Gasteiger partial charge in [-0.15, -0.1) is 45.9 Å². The Hall–Kier alpha value is -0.810. The van der Waals surface area contributed by atoms with Gasteiger partial charge < -0.3 is 15.2 Å². The summed E-state index contributed by atoms with van der Waals surface area (Å²) in [5.74, 6) is 1.66. The number of thioether (sulfide) groups is 1. The molecule has 0 amide bonds. The highest BCUT2D eigenvalue weighted by Gasteiger charge is 2.20. The Morgan fingerprint density at radius 3 is 2.56 bits per heavy atom. The van der Waals surface area contributed by atoms with Crippen LogP contribution < -0.4 is 10.6 Å². The van der Waals surface area contributed by atoms with Gasteiger partial charge in [0.2, 0.25) is 0 Å². The molecule has 1 heterocycles. The molecule has 2 aromatic rings. The van der Waals surface area contributed by atoms with Gasteiger partial charge in [-0.1, -0.05) is 15.9 Å². The van der Waals surface area contributed by atoms with Gasteiger partial charge in [0.1, 0.15) is 12.9 Å². The molecule has 0 aliphatic carbocycles. The molecule has 150 valence electrons. The molecule has 0 saturated carbocycles. The van der Waals surface area contributed by atoms with Crippen molar-refractivity contribution in [2.75, 3.05) is 13.1 Å². The van der Waals surface area contributed by atoms with E-state index in [1.807, 2.05) is 16.3 Å². The van der Waals surface area contributed by atoms with Crippen LogP contribution in [0.1, 0.15) is 33.5 Å². The highest BCUT2D eigenvalue weighted by Crippen LogP contribution is 2.32. The van der Waals surface area contributed by atoms with Crippen molar-refractivity contribution >= 4 is 57.6 Å². The highest BCUT2D eigenvalue weighted by atomic mass is 127. The molecule has 0 aliphatic heterocycles. The first-order valence-electron chi connectivity index (χ1n) is 8.77. The van der Waals surface area contributed by atoms with Gasteiger partial charge in [0.15, 0.2) is 11.8 Å². The number of halogens is 2. The summed E-state index contributed by atoms with van der Waals surface area (Å²) in [4.78, 5) is 5.89. The predicted molar refractivity (Wildman–Crippen MR) is 128 cm³/mol. The van der Waals surface area contributed by atoms with E-state index in [1.54, 1.807) is 6.33 Å². The molecule has 0 bridgehead atoms.